The molecule has 144 valence electrons. The van der Waals surface area contributed by atoms with Crippen molar-refractivity contribution in [2.75, 3.05) is 19.7 Å². The second-order valence-corrected chi connectivity index (χ2v) is 6.57. The highest BCUT2D eigenvalue weighted by Gasteiger charge is 2.25. The Hall–Kier alpha value is -2.90. The number of H-pyrrole nitrogens is 1. The van der Waals surface area contributed by atoms with Crippen LogP contribution in [0.5, 0.6) is 0 Å². The van der Waals surface area contributed by atoms with Gasteiger partial charge in [-0.25, -0.2) is 4.98 Å². The zero-order valence-corrected chi connectivity index (χ0v) is 15.4. The van der Waals surface area contributed by atoms with Gasteiger partial charge in [0.25, 0.3) is 5.91 Å². The molecule has 1 aromatic carbocycles. The summed E-state index contributed by atoms with van der Waals surface area (Å²) < 4.78 is 4.82. The van der Waals surface area contributed by atoms with Crippen molar-refractivity contribution in [2.24, 2.45) is 0 Å². The minimum Gasteiger partial charge on any atom is -0.466 e. The molecule has 0 radical (unpaired) electrons. The van der Waals surface area contributed by atoms with Crippen LogP contribution in [0.4, 0.5) is 0 Å². The van der Waals surface area contributed by atoms with E-state index < -0.39 is 0 Å². The Balaban J connectivity index is 1.46. The van der Waals surface area contributed by atoms with Crippen molar-refractivity contribution in [1.82, 2.24) is 20.2 Å². The normalized spacial score (nSPS) is 14.9. The smallest absolute Gasteiger partial charge is 0.306 e. The maximum Gasteiger partial charge on any atom is 0.306 e. The van der Waals surface area contributed by atoms with E-state index in [1.165, 1.54) is 0 Å². The molecule has 8 heteroatoms. The molecule has 1 aliphatic heterocycles. The van der Waals surface area contributed by atoms with Gasteiger partial charge in [0.05, 0.1) is 30.4 Å². The molecule has 0 bridgehead atoms. The molecular formula is C19H24N4O4. The molecule has 1 fully saturated rings. The van der Waals surface area contributed by atoms with E-state index >= 15 is 0 Å². The molecule has 0 unspecified atom stereocenters. The van der Waals surface area contributed by atoms with E-state index in [2.05, 4.69) is 15.3 Å². The molecule has 0 spiro atoms. The van der Waals surface area contributed by atoms with Gasteiger partial charge in [0.15, 0.2) is 0 Å². The molecule has 1 aromatic heterocycles. The summed E-state index contributed by atoms with van der Waals surface area (Å²) in [6.07, 6.45) is 3.22. The monoisotopic (exact) mass is 372 g/mol. The van der Waals surface area contributed by atoms with Gasteiger partial charge in [-0.05, 0) is 38.0 Å². The van der Waals surface area contributed by atoms with Gasteiger partial charge < -0.3 is 19.9 Å². The number of imidazole rings is 1. The van der Waals surface area contributed by atoms with Crippen LogP contribution in [-0.4, -0.2) is 58.4 Å². The Morgan fingerprint density at radius 2 is 2.04 bits per heavy atom. The molecule has 1 aliphatic rings. The summed E-state index contributed by atoms with van der Waals surface area (Å²) in [5.41, 5.74) is 2.30. The molecule has 0 saturated carbocycles. The lowest BCUT2D eigenvalue weighted by molar-refractivity contribution is -0.144. The number of benzene rings is 1. The molecule has 27 heavy (non-hydrogen) atoms. The predicted molar refractivity (Wildman–Crippen MR) is 99.0 cm³/mol. The zero-order valence-electron chi connectivity index (χ0n) is 15.4. The average Bonchev–Trinajstić information content (AvgIpc) is 3.14. The van der Waals surface area contributed by atoms with Gasteiger partial charge in [-0.3, -0.25) is 14.4 Å². The lowest BCUT2D eigenvalue weighted by Crippen LogP contribution is -2.46. The predicted octanol–water partition coefficient (Wildman–Crippen LogP) is 1.63. The van der Waals surface area contributed by atoms with Gasteiger partial charge in [-0.1, -0.05) is 0 Å². The first-order valence-electron chi connectivity index (χ1n) is 9.24. The molecule has 8 nitrogen and oxygen atoms in total. The molecule has 2 N–H and O–H groups in total. The zero-order chi connectivity index (χ0) is 19.2. The summed E-state index contributed by atoms with van der Waals surface area (Å²) in [5, 5.41) is 2.94. The molecule has 0 aliphatic carbocycles. The number of aromatic amines is 1. The maximum absolute atomic E-state index is 12.7. The van der Waals surface area contributed by atoms with Gasteiger partial charge in [-0.15, -0.1) is 0 Å². The fraction of sp³-hybridized carbons (Fsp3) is 0.474. The number of nitrogens with zero attached hydrogens (tertiary/aromatic N) is 2. The fourth-order valence-electron chi connectivity index (χ4n) is 3.23. The molecular weight excluding hydrogens is 348 g/mol. The third-order valence-corrected chi connectivity index (χ3v) is 4.68. The van der Waals surface area contributed by atoms with Gasteiger partial charge in [-0.2, -0.15) is 0 Å². The molecule has 2 amide bonds. The summed E-state index contributed by atoms with van der Waals surface area (Å²) in [7, 11) is 0. The van der Waals surface area contributed by atoms with Crippen molar-refractivity contribution in [3.8, 4) is 0 Å². The lowest BCUT2D eigenvalue weighted by atomic mass is 10.0. The number of rotatable bonds is 6. The number of aromatic nitrogens is 2. The highest BCUT2D eigenvalue weighted by molar-refractivity contribution is 5.97. The molecule has 0 atom stereocenters. The van der Waals surface area contributed by atoms with Crippen LogP contribution in [0.1, 0.15) is 43.0 Å². The van der Waals surface area contributed by atoms with Crippen LogP contribution >= 0.6 is 0 Å². The van der Waals surface area contributed by atoms with Crippen LogP contribution in [0.3, 0.4) is 0 Å². The van der Waals surface area contributed by atoms with E-state index in [0.29, 0.717) is 38.1 Å². The Morgan fingerprint density at radius 3 is 2.78 bits per heavy atom. The van der Waals surface area contributed by atoms with Crippen molar-refractivity contribution in [1.29, 1.82) is 0 Å². The van der Waals surface area contributed by atoms with Crippen molar-refractivity contribution in [2.45, 2.75) is 38.6 Å². The largest absolute Gasteiger partial charge is 0.466 e. The summed E-state index contributed by atoms with van der Waals surface area (Å²) in [6.45, 7) is 3.23. The number of nitrogens with one attached hydrogen (secondary N) is 2. The SMILES string of the molecule is CCOC(=O)CCC(=O)NC1CCN(C(=O)c2ccc3nc[nH]c3c2)CC1. The van der Waals surface area contributed by atoms with Crippen LogP contribution in [0.25, 0.3) is 11.0 Å². The maximum atomic E-state index is 12.7. The Kier molecular flexibility index (Phi) is 6.05. The number of esters is 1. The first-order valence-corrected chi connectivity index (χ1v) is 9.24. The van der Waals surface area contributed by atoms with Crippen molar-refractivity contribution >= 4 is 28.8 Å². The highest BCUT2D eigenvalue weighted by Crippen LogP contribution is 2.17. The summed E-state index contributed by atoms with van der Waals surface area (Å²) in [6, 6.07) is 5.46. The van der Waals surface area contributed by atoms with E-state index in [0.717, 1.165) is 11.0 Å². The van der Waals surface area contributed by atoms with Crippen LogP contribution < -0.4 is 5.32 Å². The van der Waals surface area contributed by atoms with E-state index in [4.69, 9.17) is 4.74 Å². The van der Waals surface area contributed by atoms with E-state index in [1.54, 1.807) is 24.2 Å². The fourth-order valence-corrected chi connectivity index (χ4v) is 3.23. The second kappa shape index (κ2) is 8.66. The van der Waals surface area contributed by atoms with E-state index in [9.17, 15) is 14.4 Å². The number of fused-ring (bicyclic) bond motifs is 1. The van der Waals surface area contributed by atoms with Crippen molar-refractivity contribution < 1.29 is 19.1 Å². The summed E-state index contributed by atoms with van der Waals surface area (Å²) >= 11 is 0. The van der Waals surface area contributed by atoms with E-state index in [-0.39, 0.29) is 36.7 Å². The molecule has 2 heterocycles. The first-order chi connectivity index (χ1) is 13.1. The number of likely N-dealkylation sites (tertiary alicyclic amines) is 1. The van der Waals surface area contributed by atoms with Crippen molar-refractivity contribution in [3.63, 3.8) is 0 Å². The molecule has 3 rings (SSSR count). The van der Waals surface area contributed by atoms with Crippen molar-refractivity contribution in [3.05, 3.63) is 30.1 Å². The van der Waals surface area contributed by atoms with Gasteiger partial charge >= 0.3 is 5.97 Å². The first kappa shape index (κ1) is 18.9. The van der Waals surface area contributed by atoms with Gasteiger partial charge in [0.1, 0.15) is 0 Å². The summed E-state index contributed by atoms with van der Waals surface area (Å²) in [5.74, 6) is -0.529. The minimum absolute atomic E-state index is 0.0152. The van der Waals surface area contributed by atoms with Crippen LogP contribution in [-0.2, 0) is 14.3 Å². The highest BCUT2D eigenvalue weighted by atomic mass is 16.5. The summed E-state index contributed by atoms with van der Waals surface area (Å²) in [4.78, 5) is 44.9. The van der Waals surface area contributed by atoms with Crippen LogP contribution in [0, 0.1) is 0 Å². The quantitative estimate of drug-likeness (QED) is 0.750. The number of carbonyl (C=O) groups excluding carboxylic acids is 3. The lowest BCUT2D eigenvalue weighted by Gasteiger charge is -2.32. The Labute approximate surface area is 157 Å². The number of hydrogen-bond acceptors (Lipinski definition) is 5. The van der Waals surface area contributed by atoms with Crippen LogP contribution in [0.15, 0.2) is 24.5 Å². The topological polar surface area (TPSA) is 104 Å². The third kappa shape index (κ3) is 4.84. The molecule has 1 saturated heterocycles. The van der Waals surface area contributed by atoms with Gasteiger partial charge in [0, 0.05) is 31.1 Å². The third-order valence-electron chi connectivity index (χ3n) is 4.68. The number of piperidine rings is 1. The van der Waals surface area contributed by atoms with Gasteiger partial charge in [0.2, 0.25) is 5.91 Å². The van der Waals surface area contributed by atoms with Crippen LogP contribution in [0.2, 0.25) is 0 Å². The number of amides is 2. The average molecular weight is 372 g/mol. The molecule has 2 aromatic rings. The van der Waals surface area contributed by atoms with E-state index in [1.807, 2.05) is 12.1 Å². The number of hydrogen-bond donors (Lipinski definition) is 2. The standard InChI is InChI=1S/C19H24N4O4/c1-2-27-18(25)6-5-17(24)22-14-7-9-23(10-8-14)19(26)13-3-4-15-16(11-13)21-12-20-15/h3-4,11-12,14H,2,5-10H2,1H3,(H,20,21)(H,22,24). The number of ether oxygens (including phenoxy) is 1. The Bertz CT molecular complexity index is 824. The minimum atomic E-state index is -0.359. The Morgan fingerprint density at radius 1 is 1.26 bits per heavy atom. The number of carbonyl (C=O) groups is 3. The second-order valence-electron chi connectivity index (χ2n) is 6.57.